The number of carbonyl (C=O) groups is 3. The van der Waals surface area contributed by atoms with Gasteiger partial charge in [-0.15, -0.1) is 0 Å². The Bertz CT molecular complexity index is 1050. The fourth-order valence-corrected chi connectivity index (χ4v) is 5.97. The predicted octanol–water partition coefficient (Wildman–Crippen LogP) is 4.16. The van der Waals surface area contributed by atoms with E-state index in [1.807, 2.05) is 24.3 Å². The van der Waals surface area contributed by atoms with E-state index in [1.165, 1.54) is 11.1 Å². The van der Waals surface area contributed by atoms with E-state index in [0.717, 1.165) is 36.8 Å². The van der Waals surface area contributed by atoms with Crippen molar-refractivity contribution in [2.24, 2.45) is 5.92 Å². The number of fused-ring (bicyclic) bond motifs is 3. The summed E-state index contributed by atoms with van der Waals surface area (Å²) in [5.74, 6) is -1.26. The molecule has 7 nitrogen and oxygen atoms in total. The molecule has 1 heterocycles. The van der Waals surface area contributed by atoms with Crippen molar-refractivity contribution >= 4 is 18.0 Å². The monoisotopic (exact) mass is 462 g/mol. The Kier molecular flexibility index (Phi) is 6.26. The van der Waals surface area contributed by atoms with Crippen LogP contribution in [-0.4, -0.2) is 53.2 Å². The number of hydrogen-bond donors (Lipinski definition) is 2. The highest BCUT2D eigenvalue weighted by Crippen LogP contribution is 2.44. The van der Waals surface area contributed by atoms with Crippen molar-refractivity contribution in [1.82, 2.24) is 10.2 Å². The molecule has 2 N–H and O–H groups in total. The van der Waals surface area contributed by atoms with Crippen molar-refractivity contribution in [1.29, 1.82) is 0 Å². The van der Waals surface area contributed by atoms with Gasteiger partial charge in [-0.2, -0.15) is 0 Å². The lowest BCUT2D eigenvalue weighted by atomic mass is 9.98. The third-order valence-electron chi connectivity index (χ3n) is 7.55. The highest BCUT2D eigenvalue weighted by Gasteiger charge is 2.40. The van der Waals surface area contributed by atoms with Gasteiger partial charge in [-0.25, -0.2) is 4.79 Å². The summed E-state index contributed by atoms with van der Waals surface area (Å²) in [5, 5.41) is 12.1. The molecule has 1 saturated heterocycles. The summed E-state index contributed by atoms with van der Waals surface area (Å²) >= 11 is 0. The molecule has 1 aliphatic heterocycles. The van der Waals surface area contributed by atoms with Crippen molar-refractivity contribution in [3.8, 4) is 11.1 Å². The molecule has 0 bridgehead atoms. The average molecular weight is 463 g/mol. The molecule has 34 heavy (non-hydrogen) atoms. The second kappa shape index (κ2) is 9.49. The van der Waals surface area contributed by atoms with E-state index in [-0.39, 0.29) is 42.9 Å². The molecule has 2 aliphatic carbocycles. The number of alkyl carbamates (subject to hydrolysis) is 1. The Balaban J connectivity index is 1.21. The molecular weight excluding hydrogens is 432 g/mol. The molecular formula is C27H30N2O5. The van der Waals surface area contributed by atoms with Gasteiger partial charge in [0, 0.05) is 24.5 Å². The first-order valence-corrected chi connectivity index (χ1v) is 12.2. The Labute approximate surface area is 199 Å². The summed E-state index contributed by atoms with van der Waals surface area (Å²) in [6.07, 6.45) is 3.28. The Morgan fingerprint density at radius 1 is 0.941 bits per heavy atom. The van der Waals surface area contributed by atoms with E-state index in [2.05, 4.69) is 29.6 Å². The highest BCUT2D eigenvalue weighted by atomic mass is 16.5. The number of carbonyl (C=O) groups excluding carboxylic acids is 2. The molecule has 1 saturated carbocycles. The molecule has 2 aromatic carbocycles. The van der Waals surface area contributed by atoms with Crippen LogP contribution in [0.4, 0.5) is 4.79 Å². The number of ether oxygens (including phenoxy) is 1. The quantitative estimate of drug-likeness (QED) is 0.672. The van der Waals surface area contributed by atoms with Crippen LogP contribution in [0.2, 0.25) is 0 Å². The van der Waals surface area contributed by atoms with Crippen LogP contribution >= 0.6 is 0 Å². The van der Waals surface area contributed by atoms with Crippen LogP contribution in [0.3, 0.4) is 0 Å². The molecule has 2 amide bonds. The maximum Gasteiger partial charge on any atom is 0.407 e. The summed E-state index contributed by atoms with van der Waals surface area (Å²) in [6, 6.07) is 15.9. The predicted molar refractivity (Wildman–Crippen MR) is 126 cm³/mol. The van der Waals surface area contributed by atoms with Crippen LogP contribution in [0.1, 0.15) is 55.6 Å². The van der Waals surface area contributed by atoms with Crippen LogP contribution < -0.4 is 5.32 Å². The molecule has 2 aromatic rings. The van der Waals surface area contributed by atoms with E-state index in [9.17, 15) is 14.4 Å². The Hall–Kier alpha value is -3.35. The van der Waals surface area contributed by atoms with E-state index >= 15 is 0 Å². The maximum atomic E-state index is 13.2. The van der Waals surface area contributed by atoms with E-state index in [1.54, 1.807) is 4.90 Å². The maximum absolute atomic E-state index is 13.2. The number of aliphatic carboxylic acids is 1. The highest BCUT2D eigenvalue weighted by molar-refractivity contribution is 5.82. The van der Waals surface area contributed by atoms with Gasteiger partial charge in [0.1, 0.15) is 6.61 Å². The number of rotatable bonds is 6. The summed E-state index contributed by atoms with van der Waals surface area (Å²) in [6.45, 7) is 0.822. The van der Waals surface area contributed by atoms with E-state index < -0.39 is 12.1 Å². The molecule has 0 aromatic heterocycles. The van der Waals surface area contributed by atoms with E-state index in [0.29, 0.717) is 13.0 Å². The zero-order valence-electron chi connectivity index (χ0n) is 19.1. The van der Waals surface area contributed by atoms with Crippen LogP contribution in [0.25, 0.3) is 11.1 Å². The van der Waals surface area contributed by atoms with Gasteiger partial charge >= 0.3 is 12.1 Å². The number of nitrogens with one attached hydrogen (secondary N) is 1. The first-order chi connectivity index (χ1) is 16.5. The minimum atomic E-state index is -0.885. The van der Waals surface area contributed by atoms with Crippen molar-refractivity contribution in [3.63, 3.8) is 0 Å². The molecule has 7 heteroatoms. The summed E-state index contributed by atoms with van der Waals surface area (Å²) in [7, 11) is 0. The largest absolute Gasteiger partial charge is 0.481 e. The van der Waals surface area contributed by atoms with Gasteiger partial charge in [0.05, 0.1) is 12.3 Å². The van der Waals surface area contributed by atoms with Gasteiger partial charge in [0.15, 0.2) is 0 Å². The third kappa shape index (κ3) is 4.27. The zero-order chi connectivity index (χ0) is 23.7. The first kappa shape index (κ1) is 22.4. The topological polar surface area (TPSA) is 95.9 Å². The van der Waals surface area contributed by atoms with Crippen LogP contribution in [0, 0.1) is 5.92 Å². The molecule has 0 radical (unpaired) electrons. The minimum Gasteiger partial charge on any atom is -0.481 e. The fraction of sp³-hybridized carbons (Fsp3) is 0.444. The van der Waals surface area contributed by atoms with Gasteiger partial charge < -0.3 is 20.1 Å². The lowest BCUT2D eigenvalue weighted by molar-refractivity contribution is -0.141. The molecule has 3 aliphatic rings. The Morgan fingerprint density at radius 2 is 1.62 bits per heavy atom. The third-order valence-corrected chi connectivity index (χ3v) is 7.55. The molecule has 0 unspecified atom stereocenters. The lowest BCUT2D eigenvalue weighted by Gasteiger charge is -2.29. The lowest BCUT2D eigenvalue weighted by Crippen LogP contribution is -2.47. The van der Waals surface area contributed by atoms with Crippen LogP contribution in [0.5, 0.6) is 0 Å². The standard InChI is InChI=1S/C27H30N2O5/c30-25(31)15-17-7-6-14-29(17)26(32)22-12-5-13-24(22)28-27(33)34-16-23-20-10-3-1-8-18(20)19-9-2-4-11-21(19)23/h1-4,8-11,17,22-24H,5-7,12-16H2,(H,28,33)(H,30,31)/t17-,22-,24+/m0/s1. The summed E-state index contributed by atoms with van der Waals surface area (Å²) < 4.78 is 5.68. The SMILES string of the molecule is O=C(O)C[C@@H]1CCCN1C(=O)[C@H]1CCC[C@H]1NC(=O)OCC1c2ccccc2-c2ccccc21. The van der Waals surface area contributed by atoms with Gasteiger partial charge in [0.25, 0.3) is 0 Å². The van der Waals surface area contributed by atoms with Crippen molar-refractivity contribution in [3.05, 3.63) is 59.7 Å². The summed E-state index contributed by atoms with van der Waals surface area (Å²) in [5.41, 5.74) is 4.66. The number of carboxylic acid groups (broad SMARTS) is 1. The first-order valence-electron chi connectivity index (χ1n) is 12.2. The number of benzene rings is 2. The number of likely N-dealkylation sites (tertiary alicyclic amines) is 1. The number of amides is 2. The fourth-order valence-electron chi connectivity index (χ4n) is 5.97. The van der Waals surface area contributed by atoms with Gasteiger partial charge in [-0.3, -0.25) is 9.59 Å². The number of carboxylic acids is 1. The molecule has 178 valence electrons. The number of hydrogen-bond acceptors (Lipinski definition) is 4. The second-order valence-electron chi connectivity index (χ2n) is 9.54. The van der Waals surface area contributed by atoms with Crippen molar-refractivity contribution in [2.45, 2.75) is 56.5 Å². The van der Waals surface area contributed by atoms with Crippen LogP contribution in [0.15, 0.2) is 48.5 Å². The Morgan fingerprint density at radius 3 is 2.29 bits per heavy atom. The number of nitrogens with zero attached hydrogens (tertiary/aromatic N) is 1. The van der Waals surface area contributed by atoms with Crippen molar-refractivity contribution in [2.75, 3.05) is 13.2 Å². The normalized spacial score (nSPS) is 23.4. The molecule has 5 rings (SSSR count). The zero-order valence-corrected chi connectivity index (χ0v) is 19.1. The van der Waals surface area contributed by atoms with Crippen molar-refractivity contribution < 1.29 is 24.2 Å². The van der Waals surface area contributed by atoms with Gasteiger partial charge in [0.2, 0.25) is 5.91 Å². The second-order valence-corrected chi connectivity index (χ2v) is 9.54. The van der Waals surface area contributed by atoms with Crippen LogP contribution in [-0.2, 0) is 14.3 Å². The molecule has 0 spiro atoms. The smallest absolute Gasteiger partial charge is 0.407 e. The van der Waals surface area contributed by atoms with Gasteiger partial charge in [-0.1, -0.05) is 55.0 Å². The van der Waals surface area contributed by atoms with E-state index in [4.69, 9.17) is 9.84 Å². The molecule has 2 fully saturated rings. The minimum absolute atomic E-state index is 0.0134. The molecule has 3 atom stereocenters. The average Bonchev–Trinajstić information content (AvgIpc) is 3.55. The summed E-state index contributed by atoms with van der Waals surface area (Å²) in [4.78, 5) is 38.9. The van der Waals surface area contributed by atoms with Gasteiger partial charge in [-0.05, 0) is 47.9 Å².